The number of likely N-dealkylation sites (tertiary alicyclic amines) is 1. The van der Waals surface area contributed by atoms with Crippen LogP contribution in [0, 0.1) is 10.1 Å². The first-order valence-corrected chi connectivity index (χ1v) is 12.2. The van der Waals surface area contributed by atoms with Crippen molar-refractivity contribution < 1.29 is 18.8 Å². The first kappa shape index (κ1) is 24.2. The average molecular weight is 514 g/mol. The van der Waals surface area contributed by atoms with Crippen LogP contribution in [0.1, 0.15) is 30.2 Å². The third-order valence-corrected chi connectivity index (χ3v) is 6.99. The lowest BCUT2D eigenvalue weighted by atomic mass is 10.0. The standard InChI is InChI=1S/C25H28ClN5O5/c1-34-22-13-23(35-2)20(26)12-19(22)21-15-30-10-7-17(11-24(30)28-21)27-16-5-8-29(9-6-16)14-18-3-4-25(36-18)31(32)33/h3-4,7,10-13,16,21,27H,5-6,8-9,14-15H2,1-2H3. The van der Waals surface area contributed by atoms with E-state index in [1.165, 1.54) is 6.07 Å². The maximum atomic E-state index is 10.8. The van der Waals surface area contributed by atoms with Crippen LogP contribution in [0.5, 0.6) is 11.5 Å². The fourth-order valence-corrected chi connectivity index (χ4v) is 5.06. The predicted molar refractivity (Wildman–Crippen MR) is 135 cm³/mol. The summed E-state index contributed by atoms with van der Waals surface area (Å²) >= 11 is 6.38. The van der Waals surface area contributed by atoms with Crippen molar-refractivity contribution >= 4 is 23.3 Å². The summed E-state index contributed by atoms with van der Waals surface area (Å²) in [5, 5.41) is 15.0. The Morgan fingerprint density at radius 3 is 2.69 bits per heavy atom. The van der Waals surface area contributed by atoms with Crippen LogP contribution in [-0.2, 0) is 6.54 Å². The van der Waals surface area contributed by atoms with Gasteiger partial charge >= 0.3 is 5.88 Å². The molecule has 1 aromatic heterocycles. The van der Waals surface area contributed by atoms with Gasteiger partial charge in [-0.1, -0.05) is 11.6 Å². The van der Waals surface area contributed by atoms with E-state index in [0.29, 0.717) is 41.4 Å². The second-order valence-electron chi connectivity index (χ2n) is 8.99. The summed E-state index contributed by atoms with van der Waals surface area (Å²) in [6.45, 7) is 3.06. The van der Waals surface area contributed by atoms with E-state index in [0.717, 1.165) is 43.0 Å². The number of halogens is 1. The lowest BCUT2D eigenvalue weighted by molar-refractivity contribution is -0.402. The predicted octanol–water partition coefficient (Wildman–Crippen LogP) is 4.28. The number of hydrogen-bond donors (Lipinski definition) is 1. The highest BCUT2D eigenvalue weighted by Crippen LogP contribution is 2.39. The minimum Gasteiger partial charge on any atom is -0.496 e. The van der Waals surface area contributed by atoms with E-state index < -0.39 is 4.92 Å². The SMILES string of the molecule is COc1cc(OC)c(C2CN3C=CC(NC4CCN(Cc5ccc([N+](=O)[O-])o5)CC4)=CC3=N2)cc1Cl. The van der Waals surface area contributed by atoms with Crippen molar-refractivity contribution in [1.29, 1.82) is 0 Å². The summed E-state index contributed by atoms with van der Waals surface area (Å²) in [7, 11) is 3.21. The lowest BCUT2D eigenvalue weighted by Crippen LogP contribution is -2.42. The molecule has 0 radical (unpaired) electrons. The number of fused-ring (bicyclic) bond motifs is 1. The van der Waals surface area contributed by atoms with Gasteiger partial charge in [-0.05, 0) is 31.1 Å². The Hall–Kier alpha value is -3.50. The van der Waals surface area contributed by atoms with Crippen LogP contribution >= 0.6 is 11.6 Å². The summed E-state index contributed by atoms with van der Waals surface area (Å²) in [4.78, 5) is 19.6. The normalized spacial score (nSPS) is 20.1. The molecular formula is C25H28ClN5O5. The summed E-state index contributed by atoms with van der Waals surface area (Å²) in [6, 6.07) is 7.00. The molecule has 0 spiro atoms. The van der Waals surface area contributed by atoms with Crippen LogP contribution in [-0.4, -0.2) is 60.5 Å². The second-order valence-corrected chi connectivity index (χ2v) is 9.40. The van der Waals surface area contributed by atoms with Gasteiger partial charge in [-0.2, -0.15) is 0 Å². The maximum Gasteiger partial charge on any atom is 0.433 e. The monoisotopic (exact) mass is 513 g/mol. The molecule has 0 aliphatic carbocycles. The molecule has 11 heteroatoms. The molecule has 1 atom stereocenters. The summed E-state index contributed by atoms with van der Waals surface area (Å²) in [5.74, 6) is 2.58. The molecule has 36 heavy (non-hydrogen) atoms. The number of allylic oxidation sites excluding steroid dienone is 1. The Bertz CT molecular complexity index is 1230. The van der Waals surface area contributed by atoms with E-state index in [2.05, 4.69) is 33.5 Å². The molecule has 0 bridgehead atoms. The van der Waals surface area contributed by atoms with E-state index in [-0.39, 0.29) is 11.9 Å². The average Bonchev–Trinajstić information content (AvgIpc) is 3.52. The molecule has 2 aromatic rings. The quantitative estimate of drug-likeness (QED) is 0.412. The zero-order chi connectivity index (χ0) is 25.2. The molecule has 1 unspecified atom stereocenters. The van der Waals surface area contributed by atoms with Crippen LogP contribution in [0.3, 0.4) is 0 Å². The highest BCUT2D eigenvalue weighted by Gasteiger charge is 2.29. The molecule has 1 N–H and O–H groups in total. The Morgan fingerprint density at radius 1 is 1.22 bits per heavy atom. The largest absolute Gasteiger partial charge is 0.496 e. The van der Waals surface area contributed by atoms with Gasteiger partial charge in [0.25, 0.3) is 0 Å². The minimum absolute atomic E-state index is 0.0979. The number of amidine groups is 1. The van der Waals surface area contributed by atoms with Crippen molar-refractivity contribution in [1.82, 2.24) is 15.1 Å². The van der Waals surface area contributed by atoms with Crippen LogP contribution in [0.25, 0.3) is 0 Å². The van der Waals surface area contributed by atoms with Crippen LogP contribution < -0.4 is 14.8 Å². The van der Waals surface area contributed by atoms with Crippen molar-refractivity contribution in [2.75, 3.05) is 33.9 Å². The van der Waals surface area contributed by atoms with E-state index in [1.807, 2.05) is 6.07 Å². The number of ether oxygens (including phenoxy) is 2. The van der Waals surface area contributed by atoms with Gasteiger partial charge < -0.3 is 24.1 Å². The number of methoxy groups -OCH3 is 2. The van der Waals surface area contributed by atoms with Crippen molar-refractivity contribution in [2.24, 2.45) is 4.99 Å². The van der Waals surface area contributed by atoms with Gasteiger partial charge in [-0.15, -0.1) is 0 Å². The molecule has 4 heterocycles. The van der Waals surface area contributed by atoms with Gasteiger partial charge in [0.05, 0.1) is 44.4 Å². The van der Waals surface area contributed by atoms with Crippen molar-refractivity contribution in [2.45, 2.75) is 31.5 Å². The number of rotatable bonds is 8. The lowest BCUT2D eigenvalue weighted by Gasteiger charge is -2.33. The fourth-order valence-electron chi connectivity index (χ4n) is 4.81. The number of piperidine rings is 1. The van der Waals surface area contributed by atoms with E-state index in [9.17, 15) is 10.1 Å². The van der Waals surface area contributed by atoms with Crippen molar-refractivity contribution in [3.63, 3.8) is 0 Å². The van der Waals surface area contributed by atoms with Crippen LogP contribution in [0.15, 0.2) is 57.7 Å². The number of nitro groups is 1. The number of nitrogens with zero attached hydrogens (tertiary/aromatic N) is 4. The number of aliphatic imine (C=N–C) groups is 1. The highest BCUT2D eigenvalue weighted by molar-refractivity contribution is 6.32. The smallest absolute Gasteiger partial charge is 0.433 e. The number of benzene rings is 1. The molecule has 10 nitrogen and oxygen atoms in total. The van der Waals surface area contributed by atoms with Crippen LogP contribution in [0.4, 0.5) is 5.88 Å². The van der Waals surface area contributed by atoms with Gasteiger partial charge in [-0.3, -0.25) is 20.0 Å². The van der Waals surface area contributed by atoms with E-state index in [1.54, 1.807) is 26.4 Å². The van der Waals surface area contributed by atoms with Crippen molar-refractivity contribution in [3.05, 3.63) is 74.8 Å². The fraction of sp³-hybridized carbons (Fsp3) is 0.400. The van der Waals surface area contributed by atoms with Crippen LogP contribution in [0.2, 0.25) is 5.02 Å². The molecule has 3 aliphatic heterocycles. The molecule has 3 aliphatic rings. The zero-order valence-electron chi connectivity index (χ0n) is 20.1. The summed E-state index contributed by atoms with van der Waals surface area (Å²) in [5.41, 5.74) is 1.96. The van der Waals surface area contributed by atoms with E-state index >= 15 is 0 Å². The third-order valence-electron chi connectivity index (χ3n) is 6.70. The summed E-state index contributed by atoms with van der Waals surface area (Å²) in [6.07, 6.45) is 8.14. The Balaban J connectivity index is 1.19. The molecular weight excluding hydrogens is 486 g/mol. The van der Waals surface area contributed by atoms with Gasteiger partial charge in [0.1, 0.15) is 28.0 Å². The third kappa shape index (κ3) is 5.05. The molecule has 5 rings (SSSR count). The van der Waals surface area contributed by atoms with Gasteiger partial charge in [-0.25, -0.2) is 0 Å². The minimum atomic E-state index is -0.508. The Labute approximate surface area is 214 Å². The molecule has 0 amide bonds. The first-order valence-electron chi connectivity index (χ1n) is 11.8. The Kier molecular flexibility index (Phi) is 6.88. The summed E-state index contributed by atoms with van der Waals surface area (Å²) < 4.78 is 16.2. The molecule has 0 saturated carbocycles. The zero-order valence-corrected chi connectivity index (χ0v) is 20.9. The molecule has 190 valence electrons. The molecule has 1 fully saturated rings. The maximum absolute atomic E-state index is 10.8. The van der Waals surface area contributed by atoms with Crippen molar-refractivity contribution in [3.8, 4) is 11.5 Å². The molecule has 1 saturated heterocycles. The number of nitrogens with one attached hydrogen (secondary N) is 1. The number of hydrogen-bond acceptors (Lipinski definition) is 9. The topological polar surface area (TPSA) is 106 Å². The molecule has 1 aromatic carbocycles. The highest BCUT2D eigenvalue weighted by atomic mass is 35.5. The second kappa shape index (κ2) is 10.2. The Morgan fingerprint density at radius 2 is 2.00 bits per heavy atom. The van der Waals surface area contributed by atoms with Gasteiger partial charge in [0, 0.05) is 48.7 Å². The first-order chi connectivity index (χ1) is 17.4. The van der Waals surface area contributed by atoms with E-state index in [4.69, 9.17) is 30.5 Å². The number of furan rings is 1. The van der Waals surface area contributed by atoms with Gasteiger partial charge in [0.2, 0.25) is 0 Å². The van der Waals surface area contributed by atoms with Gasteiger partial charge in [0.15, 0.2) is 0 Å².